The van der Waals surface area contributed by atoms with Crippen LogP contribution >= 0.6 is 15.9 Å². The zero-order valence-electron chi connectivity index (χ0n) is 8.04. The minimum absolute atomic E-state index is 0.165. The van der Waals surface area contributed by atoms with Gasteiger partial charge in [0.25, 0.3) is 0 Å². The van der Waals surface area contributed by atoms with E-state index in [2.05, 4.69) is 21.2 Å². The molecule has 1 aromatic rings. The third-order valence-electron chi connectivity index (χ3n) is 1.66. The molecule has 0 atom stereocenters. The number of anilines is 2. The molecule has 0 saturated heterocycles. The number of carbonyl (C=O) groups is 1. The standard InChI is InChI=1S/C9H12BrN3O/c1-13(2)9(14)12-6-3-4-8(11)7(10)5-6/h3-5H,11H2,1-2H3,(H,12,14). The number of amides is 2. The number of nitrogens with zero attached hydrogens (tertiary/aromatic N) is 1. The zero-order valence-corrected chi connectivity index (χ0v) is 9.63. The predicted molar refractivity (Wildman–Crippen MR) is 61.3 cm³/mol. The number of hydrogen-bond acceptors (Lipinski definition) is 2. The van der Waals surface area contributed by atoms with Gasteiger partial charge in [0, 0.05) is 29.9 Å². The summed E-state index contributed by atoms with van der Waals surface area (Å²) in [6, 6.07) is 5.08. The van der Waals surface area contributed by atoms with Crippen LogP contribution in [0.4, 0.5) is 16.2 Å². The van der Waals surface area contributed by atoms with Crippen molar-refractivity contribution in [2.45, 2.75) is 0 Å². The first-order chi connectivity index (χ1) is 6.50. The van der Waals surface area contributed by atoms with Gasteiger partial charge in [-0.15, -0.1) is 0 Å². The fourth-order valence-electron chi connectivity index (χ4n) is 0.840. The van der Waals surface area contributed by atoms with E-state index >= 15 is 0 Å². The molecular formula is C9H12BrN3O. The Balaban J connectivity index is 2.78. The lowest BCUT2D eigenvalue weighted by molar-refractivity contribution is 0.230. The zero-order chi connectivity index (χ0) is 10.7. The van der Waals surface area contributed by atoms with Gasteiger partial charge < -0.3 is 16.0 Å². The van der Waals surface area contributed by atoms with Crippen molar-refractivity contribution in [1.29, 1.82) is 0 Å². The van der Waals surface area contributed by atoms with E-state index in [4.69, 9.17) is 5.73 Å². The molecule has 5 heteroatoms. The van der Waals surface area contributed by atoms with Gasteiger partial charge in [0.15, 0.2) is 0 Å². The fourth-order valence-corrected chi connectivity index (χ4v) is 1.22. The van der Waals surface area contributed by atoms with Crippen LogP contribution in [0.15, 0.2) is 22.7 Å². The van der Waals surface area contributed by atoms with Crippen LogP contribution in [-0.4, -0.2) is 25.0 Å². The summed E-state index contributed by atoms with van der Waals surface area (Å²) in [5, 5.41) is 2.71. The molecule has 2 amide bonds. The van der Waals surface area contributed by atoms with E-state index < -0.39 is 0 Å². The molecule has 1 aromatic carbocycles. The molecule has 14 heavy (non-hydrogen) atoms. The summed E-state index contributed by atoms with van der Waals surface area (Å²) in [4.78, 5) is 12.7. The lowest BCUT2D eigenvalue weighted by atomic mass is 10.3. The lowest BCUT2D eigenvalue weighted by Crippen LogP contribution is -2.27. The second kappa shape index (κ2) is 4.32. The molecule has 1 rings (SSSR count). The Labute approximate surface area is 91.2 Å². The van der Waals surface area contributed by atoms with E-state index in [1.54, 1.807) is 32.3 Å². The molecule has 0 bridgehead atoms. The number of hydrogen-bond donors (Lipinski definition) is 2. The Kier molecular flexibility index (Phi) is 3.35. The Hall–Kier alpha value is -1.23. The van der Waals surface area contributed by atoms with Gasteiger partial charge in [-0.1, -0.05) is 0 Å². The lowest BCUT2D eigenvalue weighted by Gasteiger charge is -2.12. The Morgan fingerprint density at radius 2 is 2.14 bits per heavy atom. The van der Waals surface area contributed by atoms with Crippen molar-refractivity contribution in [2.24, 2.45) is 0 Å². The Morgan fingerprint density at radius 1 is 1.50 bits per heavy atom. The number of urea groups is 1. The van der Waals surface area contributed by atoms with Crippen LogP contribution in [0.25, 0.3) is 0 Å². The van der Waals surface area contributed by atoms with Crippen LogP contribution in [0.5, 0.6) is 0 Å². The van der Waals surface area contributed by atoms with Crippen LogP contribution in [0, 0.1) is 0 Å². The summed E-state index contributed by atoms with van der Waals surface area (Å²) in [7, 11) is 3.36. The minimum Gasteiger partial charge on any atom is -0.398 e. The maximum absolute atomic E-state index is 11.3. The Bertz CT molecular complexity index is 352. The third kappa shape index (κ3) is 2.63. The average Bonchev–Trinajstić information content (AvgIpc) is 2.11. The van der Waals surface area contributed by atoms with Gasteiger partial charge in [-0.05, 0) is 34.1 Å². The van der Waals surface area contributed by atoms with Gasteiger partial charge in [-0.25, -0.2) is 4.79 Å². The van der Waals surface area contributed by atoms with E-state index in [1.807, 2.05) is 0 Å². The average molecular weight is 258 g/mol. The molecule has 0 spiro atoms. The number of nitrogen functional groups attached to an aromatic ring is 1. The molecule has 76 valence electrons. The highest BCUT2D eigenvalue weighted by atomic mass is 79.9. The quantitative estimate of drug-likeness (QED) is 0.758. The van der Waals surface area contributed by atoms with E-state index in [1.165, 1.54) is 4.90 Å². The van der Waals surface area contributed by atoms with Crippen molar-refractivity contribution in [1.82, 2.24) is 4.90 Å². The molecule has 0 aromatic heterocycles. The van der Waals surface area contributed by atoms with Gasteiger partial charge in [-0.3, -0.25) is 0 Å². The van der Waals surface area contributed by atoms with Crippen molar-refractivity contribution in [3.63, 3.8) is 0 Å². The summed E-state index contributed by atoms with van der Waals surface area (Å²) in [5.41, 5.74) is 6.97. The highest BCUT2D eigenvalue weighted by molar-refractivity contribution is 9.10. The topological polar surface area (TPSA) is 58.4 Å². The summed E-state index contributed by atoms with van der Waals surface area (Å²) >= 11 is 3.28. The molecule has 0 heterocycles. The molecule has 0 radical (unpaired) electrons. The SMILES string of the molecule is CN(C)C(=O)Nc1ccc(N)c(Br)c1. The minimum atomic E-state index is -0.165. The first kappa shape index (κ1) is 10.8. The monoisotopic (exact) mass is 257 g/mol. The van der Waals surface area contributed by atoms with Gasteiger partial charge in [0.2, 0.25) is 0 Å². The van der Waals surface area contributed by atoms with Gasteiger partial charge in [0.1, 0.15) is 0 Å². The van der Waals surface area contributed by atoms with Crippen molar-refractivity contribution in [3.05, 3.63) is 22.7 Å². The second-order valence-corrected chi connectivity index (χ2v) is 3.92. The molecule has 0 fully saturated rings. The van der Waals surface area contributed by atoms with Crippen LogP contribution in [0.3, 0.4) is 0 Å². The number of nitrogens with two attached hydrogens (primary N) is 1. The van der Waals surface area contributed by atoms with Gasteiger partial charge >= 0.3 is 6.03 Å². The summed E-state index contributed by atoms with van der Waals surface area (Å²) in [6.07, 6.45) is 0. The van der Waals surface area contributed by atoms with Crippen LogP contribution < -0.4 is 11.1 Å². The van der Waals surface area contributed by atoms with E-state index in [0.29, 0.717) is 11.4 Å². The summed E-state index contributed by atoms with van der Waals surface area (Å²) in [6.45, 7) is 0. The van der Waals surface area contributed by atoms with Gasteiger partial charge in [-0.2, -0.15) is 0 Å². The highest BCUT2D eigenvalue weighted by Gasteiger charge is 2.04. The first-order valence-electron chi connectivity index (χ1n) is 4.04. The molecule has 0 unspecified atom stereocenters. The number of halogens is 1. The van der Waals surface area contributed by atoms with Crippen LogP contribution in [0.1, 0.15) is 0 Å². The maximum atomic E-state index is 11.3. The molecule has 3 N–H and O–H groups in total. The number of nitrogens with one attached hydrogen (secondary N) is 1. The maximum Gasteiger partial charge on any atom is 0.321 e. The van der Waals surface area contributed by atoms with E-state index in [0.717, 1.165) is 4.47 Å². The van der Waals surface area contributed by atoms with Gasteiger partial charge in [0.05, 0.1) is 0 Å². The normalized spacial score (nSPS) is 9.64. The largest absolute Gasteiger partial charge is 0.398 e. The predicted octanol–water partition coefficient (Wildman–Crippen LogP) is 2.12. The molecule has 4 nitrogen and oxygen atoms in total. The third-order valence-corrected chi connectivity index (χ3v) is 2.34. The van der Waals surface area contributed by atoms with E-state index in [9.17, 15) is 4.79 Å². The second-order valence-electron chi connectivity index (χ2n) is 3.06. The summed E-state index contributed by atoms with van der Waals surface area (Å²) < 4.78 is 0.772. The smallest absolute Gasteiger partial charge is 0.321 e. The number of rotatable bonds is 1. The summed E-state index contributed by atoms with van der Waals surface area (Å²) in [5.74, 6) is 0. The first-order valence-corrected chi connectivity index (χ1v) is 4.83. The van der Waals surface area contributed by atoms with Crippen molar-refractivity contribution >= 4 is 33.3 Å². The number of benzene rings is 1. The van der Waals surface area contributed by atoms with E-state index in [-0.39, 0.29) is 6.03 Å². The molecule has 0 aliphatic rings. The van der Waals surface area contributed by atoms with Crippen LogP contribution in [-0.2, 0) is 0 Å². The van der Waals surface area contributed by atoms with Crippen molar-refractivity contribution in [2.75, 3.05) is 25.1 Å². The molecule has 0 aliphatic carbocycles. The van der Waals surface area contributed by atoms with Crippen molar-refractivity contribution < 1.29 is 4.79 Å². The fraction of sp³-hybridized carbons (Fsp3) is 0.222. The molecule has 0 saturated carbocycles. The number of carbonyl (C=O) groups excluding carboxylic acids is 1. The molecular weight excluding hydrogens is 246 g/mol. The Morgan fingerprint density at radius 3 is 2.64 bits per heavy atom. The highest BCUT2D eigenvalue weighted by Crippen LogP contribution is 2.23. The van der Waals surface area contributed by atoms with Crippen LogP contribution in [0.2, 0.25) is 0 Å². The van der Waals surface area contributed by atoms with Crippen molar-refractivity contribution in [3.8, 4) is 0 Å². The molecule has 0 aliphatic heterocycles.